The SMILES string of the molecule is CC(C)C[C@H](NC(=O)N1CCC(NC(=O)Nc2ccc(Cl)cc2)CC1)C(=O)N[C@@H](Cc1ccccc1)C(=O)N[C@@H](CC(C)C)C(=O)[C@@]1(C)CO1. The van der Waals surface area contributed by atoms with E-state index in [0.29, 0.717) is 56.1 Å². The smallest absolute Gasteiger partial charge is 0.319 e. The molecule has 13 heteroatoms. The van der Waals surface area contributed by atoms with Gasteiger partial charge in [-0.3, -0.25) is 14.4 Å². The molecular weight excluding hydrogens is 660 g/mol. The number of likely N-dealkylation sites (tertiary alicyclic amines) is 1. The molecule has 2 saturated heterocycles. The van der Waals surface area contributed by atoms with Crippen molar-refractivity contribution >= 4 is 46.9 Å². The van der Waals surface area contributed by atoms with Gasteiger partial charge in [0.25, 0.3) is 0 Å². The van der Waals surface area contributed by atoms with E-state index in [-0.39, 0.29) is 42.1 Å². The van der Waals surface area contributed by atoms with Gasteiger partial charge >= 0.3 is 12.1 Å². The quantitative estimate of drug-likeness (QED) is 0.169. The number of benzene rings is 2. The van der Waals surface area contributed by atoms with Crippen LogP contribution in [0.4, 0.5) is 15.3 Å². The van der Waals surface area contributed by atoms with Gasteiger partial charge in [-0.05, 0) is 74.3 Å². The monoisotopic (exact) mass is 710 g/mol. The molecule has 2 aliphatic rings. The number of piperidine rings is 1. The fourth-order valence-corrected chi connectivity index (χ4v) is 6.11. The number of halogens is 1. The number of anilines is 1. The van der Waals surface area contributed by atoms with Crippen LogP contribution in [0.3, 0.4) is 0 Å². The van der Waals surface area contributed by atoms with E-state index in [0.717, 1.165) is 5.56 Å². The average molecular weight is 711 g/mol. The van der Waals surface area contributed by atoms with Crippen molar-refractivity contribution in [2.24, 2.45) is 11.8 Å². The molecule has 4 rings (SSSR count). The van der Waals surface area contributed by atoms with Crippen LogP contribution < -0.4 is 26.6 Å². The number of carbonyl (C=O) groups excluding carboxylic acids is 5. The number of urea groups is 2. The van der Waals surface area contributed by atoms with Gasteiger partial charge in [0, 0.05) is 36.3 Å². The maximum atomic E-state index is 13.8. The first-order valence-corrected chi connectivity index (χ1v) is 17.8. The molecule has 0 radical (unpaired) electrons. The summed E-state index contributed by atoms with van der Waals surface area (Å²) in [6, 6.07) is 12.6. The molecule has 50 heavy (non-hydrogen) atoms. The summed E-state index contributed by atoms with van der Waals surface area (Å²) in [5.74, 6) is -0.950. The van der Waals surface area contributed by atoms with Gasteiger partial charge in [0.2, 0.25) is 11.8 Å². The standard InChI is InChI=1S/C37H51ClN6O6/c1-23(2)19-29(32(45)37(5)22-50-37)41-34(47)31(21-25-9-7-6-8-10-25)42-33(46)30(20-24(3)4)43-36(49)44-17-15-28(16-18-44)40-35(48)39-27-13-11-26(38)12-14-27/h6-14,23-24,28-31H,15-22H2,1-5H3,(H,41,47)(H,42,46)(H,43,49)(H2,39,40,48)/t29-,30-,31-,37+/m0/s1. The number of Topliss-reactive ketones (excluding diaryl/α,β-unsaturated/α-hetero) is 1. The Morgan fingerprint density at radius 1 is 0.820 bits per heavy atom. The lowest BCUT2D eigenvalue weighted by molar-refractivity contribution is -0.133. The molecule has 0 aliphatic carbocycles. The van der Waals surface area contributed by atoms with Crippen molar-refractivity contribution in [3.63, 3.8) is 0 Å². The number of nitrogens with one attached hydrogen (secondary N) is 5. The average Bonchev–Trinajstić information content (AvgIpc) is 3.83. The van der Waals surface area contributed by atoms with Gasteiger partial charge in [-0.25, -0.2) is 9.59 Å². The summed E-state index contributed by atoms with van der Waals surface area (Å²) in [7, 11) is 0. The number of amides is 6. The zero-order valence-electron chi connectivity index (χ0n) is 29.6. The topological polar surface area (TPSA) is 161 Å². The van der Waals surface area contributed by atoms with Crippen molar-refractivity contribution in [2.45, 2.75) is 96.5 Å². The van der Waals surface area contributed by atoms with E-state index in [1.54, 1.807) is 36.1 Å². The summed E-state index contributed by atoms with van der Waals surface area (Å²) >= 11 is 5.92. The van der Waals surface area contributed by atoms with Gasteiger partial charge in [0.1, 0.15) is 17.7 Å². The van der Waals surface area contributed by atoms with Gasteiger partial charge in [0.05, 0.1) is 12.6 Å². The molecule has 0 bridgehead atoms. The molecule has 12 nitrogen and oxygen atoms in total. The van der Waals surface area contributed by atoms with Crippen molar-refractivity contribution in [2.75, 3.05) is 25.0 Å². The minimum Gasteiger partial charge on any atom is -0.361 e. The Bertz CT molecular complexity index is 1480. The Hall–Kier alpha value is -4.16. The molecule has 2 heterocycles. The van der Waals surface area contributed by atoms with Gasteiger partial charge in [0.15, 0.2) is 5.78 Å². The second-order valence-corrected chi connectivity index (χ2v) is 14.8. The fourth-order valence-electron chi connectivity index (χ4n) is 5.98. The number of nitrogens with zero attached hydrogens (tertiary/aromatic N) is 1. The third kappa shape index (κ3) is 11.7. The number of ketones is 1. The van der Waals surface area contributed by atoms with Crippen molar-refractivity contribution in [1.82, 2.24) is 26.2 Å². The van der Waals surface area contributed by atoms with Crippen molar-refractivity contribution in [1.29, 1.82) is 0 Å². The first kappa shape index (κ1) is 38.6. The second kappa shape index (κ2) is 17.7. The van der Waals surface area contributed by atoms with Crippen LogP contribution >= 0.6 is 11.6 Å². The van der Waals surface area contributed by atoms with Crippen LogP contribution in [0.5, 0.6) is 0 Å². The summed E-state index contributed by atoms with van der Waals surface area (Å²) in [6.07, 6.45) is 2.07. The van der Waals surface area contributed by atoms with Crippen molar-refractivity contribution < 1.29 is 28.7 Å². The van der Waals surface area contributed by atoms with Crippen LogP contribution in [-0.2, 0) is 25.5 Å². The van der Waals surface area contributed by atoms with Crippen LogP contribution in [0, 0.1) is 11.8 Å². The minimum atomic E-state index is -0.993. The van der Waals surface area contributed by atoms with Crippen LogP contribution in [0.2, 0.25) is 5.02 Å². The molecule has 0 aromatic heterocycles. The molecule has 2 aliphatic heterocycles. The van der Waals surface area contributed by atoms with E-state index in [2.05, 4.69) is 26.6 Å². The van der Waals surface area contributed by atoms with Crippen molar-refractivity contribution in [3.8, 4) is 0 Å². The predicted molar refractivity (Wildman–Crippen MR) is 193 cm³/mol. The van der Waals surface area contributed by atoms with E-state index in [1.807, 2.05) is 58.0 Å². The zero-order chi connectivity index (χ0) is 36.4. The summed E-state index contributed by atoms with van der Waals surface area (Å²) in [5.41, 5.74) is 0.541. The first-order valence-electron chi connectivity index (χ1n) is 17.4. The largest absolute Gasteiger partial charge is 0.361 e. The molecule has 0 spiro atoms. The normalized spacial score (nSPS) is 19.2. The van der Waals surface area contributed by atoms with E-state index in [1.165, 1.54) is 0 Å². The molecule has 2 fully saturated rings. The summed E-state index contributed by atoms with van der Waals surface area (Å²) in [5, 5.41) is 15.0. The molecule has 0 unspecified atom stereocenters. The lowest BCUT2D eigenvalue weighted by Crippen LogP contribution is -2.59. The van der Waals surface area contributed by atoms with E-state index < -0.39 is 35.5 Å². The number of hydrogen-bond donors (Lipinski definition) is 5. The summed E-state index contributed by atoms with van der Waals surface area (Å²) in [6.45, 7) is 10.7. The maximum absolute atomic E-state index is 13.8. The summed E-state index contributed by atoms with van der Waals surface area (Å²) in [4.78, 5) is 68.5. The Kier molecular flexibility index (Phi) is 13.7. The van der Waals surface area contributed by atoms with Crippen molar-refractivity contribution in [3.05, 3.63) is 65.2 Å². The molecule has 2 aromatic rings. The van der Waals surface area contributed by atoms with E-state index in [9.17, 15) is 24.0 Å². The number of rotatable bonds is 15. The van der Waals surface area contributed by atoms with Gasteiger partial charge in [-0.2, -0.15) is 0 Å². The molecule has 0 saturated carbocycles. The number of epoxide rings is 1. The second-order valence-electron chi connectivity index (χ2n) is 14.3. The lowest BCUT2D eigenvalue weighted by Gasteiger charge is -2.34. The van der Waals surface area contributed by atoms with Gasteiger partial charge in [-0.1, -0.05) is 69.6 Å². The molecule has 2 aromatic carbocycles. The van der Waals surface area contributed by atoms with Crippen LogP contribution in [-0.4, -0.2) is 84.0 Å². The highest BCUT2D eigenvalue weighted by atomic mass is 35.5. The Labute approximate surface area is 299 Å². The van der Waals surface area contributed by atoms with Crippen LogP contribution in [0.1, 0.15) is 65.9 Å². The molecular formula is C37H51ClN6O6. The third-order valence-corrected chi connectivity index (χ3v) is 9.15. The minimum absolute atomic E-state index is 0.0638. The highest BCUT2D eigenvalue weighted by Crippen LogP contribution is 2.29. The lowest BCUT2D eigenvalue weighted by atomic mass is 9.93. The Morgan fingerprint density at radius 3 is 1.96 bits per heavy atom. The van der Waals surface area contributed by atoms with E-state index in [4.69, 9.17) is 16.3 Å². The molecule has 6 amide bonds. The van der Waals surface area contributed by atoms with Gasteiger partial charge < -0.3 is 36.2 Å². The number of carbonyl (C=O) groups is 5. The number of hydrogen-bond acceptors (Lipinski definition) is 6. The predicted octanol–water partition coefficient (Wildman–Crippen LogP) is 4.67. The third-order valence-electron chi connectivity index (χ3n) is 8.90. The Balaban J connectivity index is 1.38. The van der Waals surface area contributed by atoms with E-state index >= 15 is 0 Å². The Morgan fingerprint density at radius 2 is 1.38 bits per heavy atom. The highest BCUT2D eigenvalue weighted by Gasteiger charge is 2.50. The molecule has 5 N–H and O–H groups in total. The number of ether oxygens (including phenoxy) is 1. The molecule has 4 atom stereocenters. The van der Waals surface area contributed by atoms with Crippen LogP contribution in [0.15, 0.2) is 54.6 Å². The maximum Gasteiger partial charge on any atom is 0.319 e. The first-order chi connectivity index (χ1) is 23.7. The summed E-state index contributed by atoms with van der Waals surface area (Å²) < 4.78 is 5.39. The van der Waals surface area contributed by atoms with Gasteiger partial charge in [-0.15, -0.1) is 0 Å². The van der Waals surface area contributed by atoms with Crippen LogP contribution in [0.25, 0.3) is 0 Å². The zero-order valence-corrected chi connectivity index (χ0v) is 30.3. The fraction of sp³-hybridized carbons (Fsp3) is 0.541. The highest BCUT2D eigenvalue weighted by molar-refractivity contribution is 6.30. The molecule has 272 valence electrons.